The predicted octanol–water partition coefficient (Wildman–Crippen LogP) is 2.19. The summed E-state index contributed by atoms with van der Waals surface area (Å²) in [7, 11) is 1.71. The number of nitrogen functional groups attached to an aromatic ring is 1. The van der Waals surface area contributed by atoms with Crippen molar-refractivity contribution in [1.29, 1.82) is 5.26 Å². The number of nitrogens with zero attached hydrogens (tertiary/aromatic N) is 3. The second-order valence-electron chi connectivity index (χ2n) is 3.76. The Morgan fingerprint density at radius 2 is 2.33 bits per heavy atom. The zero-order valence-corrected chi connectivity index (χ0v) is 11.4. The van der Waals surface area contributed by atoms with Gasteiger partial charge in [-0.1, -0.05) is 28.1 Å². The second-order valence-corrected chi connectivity index (χ2v) is 4.67. The zero-order chi connectivity index (χ0) is 13.1. The minimum Gasteiger partial charge on any atom is -0.383 e. The fraction of sp³-hybridized carbons (Fsp3) is 0.167. The van der Waals surface area contributed by atoms with Crippen LogP contribution in [0.15, 0.2) is 28.7 Å². The summed E-state index contributed by atoms with van der Waals surface area (Å²) in [6, 6.07) is 9.93. The number of aromatic nitrogens is 2. The van der Waals surface area contributed by atoms with E-state index in [1.165, 1.54) is 0 Å². The van der Waals surface area contributed by atoms with Crippen molar-refractivity contribution in [3.8, 4) is 6.07 Å². The Labute approximate surface area is 113 Å². The van der Waals surface area contributed by atoms with Gasteiger partial charge in [-0.15, -0.1) is 0 Å². The highest BCUT2D eigenvalue weighted by atomic mass is 79.9. The highest BCUT2D eigenvalue weighted by Crippen LogP contribution is 2.21. The zero-order valence-electron chi connectivity index (χ0n) is 9.81. The van der Waals surface area contributed by atoms with Crippen molar-refractivity contribution in [3.05, 3.63) is 39.9 Å². The smallest absolute Gasteiger partial charge is 0.168 e. The van der Waals surface area contributed by atoms with Crippen LogP contribution in [-0.4, -0.2) is 16.8 Å². The summed E-state index contributed by atoms with van der Waals surface area (Å²) in [5.74, 6) is 0.881. The number of halogens is 1. The molecule has 0 radical (unpaired) electrons. The fourth-order valence-electron chi connectivity index (χ4n) is 1.69. The summed E-state index contributed by atoms with van der Waals surface area (Å²) in [5.41, 5.74) is 7.35. The first-order valence-electron chi connectivity index (χ1n) is 5.34. The lowest BCUT2D eigenvalue weighted by Crippen LogP contribution is -2.06. The van der Waals surface area contributed by atoms with Crippen molar-refractivity contribution in [2.75, 3.05) is 18.1 Å². The van der Waals surface area contributed by atoms with E-state index in [2.05, 4.69) is 32.4 Å². The normalized spacial score (nSPS) is 10.1. The molecule has 92 valence electrons. The molecule has 0 amide bonds. The SMILES string of the molecule is CNc1nn(Cc2cccc(Br)c2)c(N)c1C#N. The lowest BCUT2D eigenvalue weighted by molar-refractivity contribution is 0.699. The molecule has 0 atom stereocenters. The molecule has 0 aliphatic rings. The van der Waals surface area contributed by atoms with Crippen molar-refractivity contribution >= 4 is 27.6 Å². The summed E-state index contributed by atoms with van der Waals surface area (Å²) in [6.07, 6.45) is 0. The van der Waals surface area contributed by atoms with E-state index in [-0.39, 0.29) is 0 Å². The van der Waals surface area contributed by atoms with Crippen LogP contribution in [0.5, 0.6) is 0 Å². The minimum atomic E-state index is 0.377. The Kier molecular flexibility index (Phi) is 3.53. The third-order valence-electron chi connectivity index (χ3n) is 2.56. The van der Waals surface area contributed by atoms with Crippen molar-refractivity contribution < 1.29 is 0 Å². The molecular weight excluding hydrogens is 294 g/mol. The van der Waals surface area contributed by atoms with Gasteiger partial charge in [-0.2, -0.15) is 10.4 Å². The average Bonchev–Trinajstić information content (AvgIpc) is 2.66. The molecule has 2 rings (SSSR count). The predicted molar refractivity (Wildman–Crippen MR) is 74.1 cm³/mol. The Morgan fingerprint density at radius 3 is 2.89 bits per heavy atom. The number of rotatable bonds is 3. The topological polar surface area (TPSA) is 79.7 Å². The lowest BCUT2D eigenvalue weighted by Gasteiger charge is -2.04. The minimum absolute atomic E-state index is 0.377. The summed E-state index contributed by atoms with van der Waals surface area (Å²) in [6.45, 7) is 0.529. The maximum atomic E-state index is 9.02. The van der Waals surface area contributed by atoms with Gasteiger partial charge in [-0.3, -0.25) is 0 Å². The molecule has 6 heteroatoms. The van der Waals surface area contributed by atoms with Gasteiger partial charge in [0.1, 0.15) is 17.5 Å². The largest absolute Gasteiger partial charge is 0.383 e. The highest BCUT2D eigenvalue weighted by Gasteiger charge is 2.14. The molecule has 2 aromatic rings. The number of nitrogens with one attached hydrogen (secondary N) is 1. The van der Waals surface area contributed by atoms with Crippen molar-refractivity contribution in [2.24, 2.45) is 0 Å². The highest BCUT2D eigenvalue weighted by molar-refractivity contribution is 9.10. The number of nitrogens with two attached hydrogens (primary N) is 1. The molecular formula is C12H12BrN5. The van der Waals surface area contributed by atoms with Gasteiger partial charge < -0.3 is 11.1 Å². The van der Waals surface area contributed by atoms with Crippen molar-refractivity contribution in [2.45, 2.75) is 6.54 Å². The molecule has 0 saturated heterocycles. The Balaban J connectivity index is 2.36. The Bertz CT molecular complexity index is 611. The van der Waals surface area contributed by atoms with E-state index in [1.807, 2.05) is 24.3 Å². The van der Waals surface area contributed by atoms with Gasteiger partial charge in [0, 0.05) is 11.5 Å². The third-order valence-corrected chi connectivity index (χ3v) is 3.05. The molecule has 0 unspecified atom stereocenters. The molecule has 0 fully saturated rings. The molecule has 1 aromatic carbocycles. The van der Waals surface area contributed by atoms with Gasteiger partial charge in [0.05, 0.1) is 6.54 Å². The van der Waals surface area contributed by atoms with Gasteiger partial charge in [-0.25, -0.2) is 4.68 Å². The third kappa shape index (κ3) is 2.31. The van der Waals surface area contributed by atoms with Crippen LogP contribution < -0.4 is 11.1 Å². The summed E-state index contributed by atoms with van der Waals surface area (Å²) in [4.78, 5) is 0. The average molecular weight is 306 g/mol. The van der Waals surface area contributed by atoms with Crippen LogP contribution in [0.3, 0.4) is 0 Å². The van der Waals surface area contributed by atoms with E-state index in [0.717, 1.165) is 10.0 Å². The van der Waals surface area contributed by atoms with E-state index in [4.69, 9.17) is 11.0 Å². The van der Waals surface area contributed by atoms with Crippen LogP contribution >= 0.6 is 15.9 Å². The number of anilines is 2. The molecule has 0 aliphatic carbocycles. The first kappa shape index (κ1) is 12.5. The molecule has 18 heavy (non-hydrogen) atoms. The molecule has 0 spiro atoms. The number of hydrogen-bond acceptors (Lipinski definition) is 4. The molecule has 3 N–H and O–H groups in total. The second kappa shape index (κ2) is 5.10. The molecule has 1 aromatic heterocycles. The fourth-order valence-corrected chi connectivity index (χ4v) is 2.14. The van der Waals surface area contributed by atoms with Gasteiger partial charge >= 0.3 is 0 Å². The number of benzene rings is 1. The van der Waals surface area contributed by atoms with Crippen LogP contribution in [0.25, 0.3) is 0 Å². The number of hydrogen-bond donors (Lipinski definition) is 2. The van der Waals surface area contributed by atoms with Crippen LogP contribution in [-0.2, 0) is 6.54 Å². The molecule has 0 saturated carbocycles. The van der Waals surface area contributed by atoms with Crippen LogP contribution in [0.1, 0.15) is 11.1 Å². The summed E-state index contributed by atoms with van der Waals surface area (Å²) >= 11 is 3.42. The van der Waals surface area contributed by atoms with E-state index >= 15 is 0 Å². The Hall–Kier alpha value is -2.00. The van der Waals surface area contributed by atoms with E-state index < -0.39 is 0 Å². The molecule has 0 bridgehead atoms. The maximum Gasteiger partial charge on any atom is 0.168 e. The lowest BCUT2D eigenvalue weighted by atomic mass is 10.2. The number of nitriles is 1. The first-order chi connectivity index (χ1) is 8.65. The van der Waals surface area contributed by atoms with Gasteiger partial charge in [0.15, 0.2) is 5.82 Å². The molecule has 0 aliphatic heterocycles. The van der Waals surface area contributed by atoms with Gasteiger partial charge in [0.25, 0.3) is 0 Å². The molecule has 5 nitrogen and oxygen atoms in total. The van der Waals surface area contributed by atoms with Crippen molar-refractivity contribution in [3.63, 3.8) is 0 Å². The van der Waals surface area contributed by atoms with Gasteiger partial charge in [-0.05, 0) is 17.7 Å². The quantitative estimate of drug-likeness (QED) is 0.911. The summed E-state index contributed by atoms with van der Waals surface area (Å²) in [5, 5.41) is 16.2. The van der Waals surface area contributed by atoms with E-state index in [1.54, 1.807) is 11.7 Å². The maximum absolute atomic E-state index is 9.02. The van der Waals surface area contributed by atoms with Crippen molar-refractivity contribution in [1.82, 2.24) is 9.78 Å². The molecule has 1 heterocycles. The van der Waals surface area contributed by atoms with Crippen LogP contribution in [0.2, 0.25) is 0 Å². The van der Waals surface area contributed by atoms with Crippen LogP contribution in [0.4, 0.5) is 11.6 Å². The van der Waals surface area contributed by atoms with E-state index in [9.17, 15) is 0 Å². The van der Waals surface area contributed by atoms with Gasteiger partial charge in [0.2, 0.25) is 0 Å². The monoisotopic (exact) mass is 305 g/mol. The standard InChI is InChI=1S/C12H12BrN5/c1-16-12-10(6-14)11(15)18(17-12)7-8-3-2-4-9(13)5-8/h2-5H,7,15H2,1H3,(H,16,17). The van der Waals surface area contributed by atoms with E-state index in [0.29, 0.717) is 23.7 Å². The first-order valence-corrected chi connectivity index (χ1v) is 6.13. The summed E-state index contributed by atoms with van der Waals surface area (Å²) < 4.78 is 2.62. The van der Waals surface area contributed by atoms with Crippen LogP contribution in [0, 0.1) is 11.3 Å². The Morgan fingerprint density at radius 1 is 1.56 bits per heavy atom.